The number of carbonyl (C=O) groups is 3. The predicted octanol–water partition coefficient (Wildman–Crippen LogP) is 2.77. The van der Waals surface area contributed by atoms with E-state index in [9.17, 15) is 24.5 Å². The number of dihydropyridines is 1. The molecule has 1 aliphatic heterocycles. The number of ketones is 1. The first kappa shape index (κ1) is 22.2. The average Bonchev–Trinajstić information content (AvgIpc) is 2.72. The van der Waals surface area contributed by atoms with Crippen LogP contribution >= 0.6 is 0 Å². The highest BCUT2D eigenvalue weighted by atomic mass is 16.6. The van der Waals surface area contributed by atoms with Crippen molar-refractivity contribution < 1.29 is 28.8 Å². The molecule has 1 aromatic carbocycles. The Kier molecular flexibility index (Phi) is 6.24. The van der Waals surface area contributed by atoms with Gasteiger partial charge in [-0.05, 0) is 31.7 Å². The first-order valence-corrected chi connectivity index (χ1v) is 9.95. The van der Waals surface area contributed by atoms with E-state index in [1.165, 1.54) is 31.4 Å². The van der Waals surface area contributed by atoms with Crippen LogP contribution in [-0.4, -0.2) is 36.4 Å². The third-order valence-corrected chi connectivity index (χ3v) is 5.68. The molecule has 3 atom stereocenters. The third kappa shape index (κ3) is 3.95. The highest BCUT2D eigenvalue weighted by Crippen LogP contribution is 2.45. The molecule has 164 valence electrons. The minimum Gasteiger partial charge on any atom is -0.468 e. The van der Waals surface area contributed by atoms with E-state index >= 15 is 0 Å². The molecular weight excluding hydrogens is 404 g/mol. The second-order valence-corrected chi connectivity index (χ2v) is 7.60. The zero-order valence-electron chi connectivity index (χ0n) is 17.8. The van der Waals surface area contributed by atoms with E-state index in [2.05, 4.69) is 5.32 Å². The van der Waals surface area contributed by atoms with Crippen molar-refractivity contribution in [2.45, 2.75) is 33.1 Å². The van der Waals surface area contributed by atoms with Gasteiger partial charge in [-0.3, -0.25) is 19.7 Å². The second kappa shape index (κ2) is 8.71. The molecule has 0 amide bonds. The van der Waals surface area contributed by atoms with Gasteiger partial charge in [0, 0.05) is 35.0 Å². The minimum atomic E-state index is -0.993. The largest absolute Gasteiger partial charge is 0.468 e. The fourth-order valence-corrected chi connectivity index (χ4v) is 4.28. The Labute approximate surface area is 179 Å². The molecule has 0 radical (unpaired) electrons. The van der Waals surface area contributed by atoms with Gasteiger partial charge in [0.25, 0.3) is 5.69 Å². The minimum absolute atomic E-state index is 0.110. The molecule has 0 unspecified atom stereocenters. The Balaban J connectivity index is 2.18. The number of hydrogen-bond acceptors (Lipinski definition) is 8. The summed E-state index contributed by atoms with van der Waals surface area (Å²) in [5, 5.41) is 14.2. The van der Waals surface area contributed by atoms with Crippen molar-refractivity contribution in [1.29, 1.82) is 0 Å². The maximum Gasteiger partial charge on any atom is 0.336 e. The quantitative estimate of drug-likeness (QED) is 0.328. The Morgan fingerprint density at radius 1 is 1.26 bits per heavy atom. The molecule has 1 aliphatic carbocycles. The molecule has 9 nitrogen and oxygen atoms in total. The Bertz CT molecular complexity index is 1010. The van der Waals surface area contributed by atoms with Crippen molar-refractivity contribution in [3.63, 3.8) is 0 Å². The number of methoxy groups -OCH3 is 1. The molecular formula is C22H24N2O7. The maximum absolute atomic E-state index is 13.5. The van der Waals surface area contributed by atoms with Crippen LogP contribution in [0.4, 0.5) is 5.69 Å². The van der Waals surface area contributed by atoms with Gasteiger partial charge in [-0.2, -0.15) is 0 Å². The molecule has 9 heteroatoms. The number of benzene rings is 1. The molecule has 1 N–H and O–H groups in total. The van der Waals surface area contributed by atoms with Crippen molar-refractivity contribution in [2.75, 3.05) is 13.7 Å². The molecule has 1 aromatic rings. The van der Waals surface area contributed by atoms with Gasteiger partial charge in [0.1, 0.15) is 5.92 Å². The standard InChI is InChI=1S/C22H24N2O7/c1-5-31-22(27)17-12(3)23-15-10-11(2)16(21(26)30-4)20(25)19(15)18(17)13-6-8-14(9-7-13)24(28)29/h6-9,11,16,18,23H,5,10H2,1-4H3/t11-,16+,18+/m1/s1. The SMILES string of the molecule is CCOC(=O)C1=C(C)NC2=C(C(=O)[C@@H](C(=O)OC)[C@H](C)C2)[C@H]1c1ccc([N+](=O)[O-])cc1. The van der Waals surface area contributed by atoms with Crippen LogP contribution in [0, 0.1) is 22.0 Å². The summed E-state index contributed by atoms with van der Waals surface area (Å²) in [5.74, 6) is -3.75. The summed E-state index contributed by atoms with van der Waals surface area (Å²) in [6.07, 6.45) is 0.414. The van der Waals surface area contributed by atoms with Crippen LogP contribution in [0.15, 0.2) is 46.8 Å². The van der Waals surface area contributed by atoms with E-state index in [4.69, 9.17) is 9.47 Å². The average molecular weight is 428 g/mol. The predicted molar refractivity (Wildman–Crippen MR) is 110 cm³/mol. The van der Waals surface area contributed by atoms with Gasteiger partial charge in [0.05, 0.1) is 24.2 Å². The van der Waals surface area contributed by atoms with Gasteiger partial charge in [-0.1, -0.05) is 19.1 Å². The Morgan fingerprint density at radius 3 is 2.45 bits per heavy atom. The van der Waals surface area contributed by atoms with E-state index in [1.807, 2.05) is 0 Å². The number of nitro benzene ring substituents is 1. The van der Waals surface area contributed by atoms with E-state index < -0.39 is 34.5 Å². The summed E-state index contributed by atoms with van der Waals surface area (Å²) in [7, 11) is 1.23. The summed E-state index contributed by atoms with van der Waals surface area (Å²) in [4.78, 5) is 49.2. The van der Waals surface area contributed by atoms with Crippen LogP contribution in [0.1, 0.15) is 38.7 Å². The number of nitrogens with zero attached hydrogens (tertiary/aromatic N) is 1. The van der Waals surface area contributed by atoms with E-state index in [0.29, 0.717) is 23.4 Å². The topological polar surface area (TPSA) is 125 Å². The van der Waals surface area contributed by atoms with Gasteiger partial charge >= 0.3 is 11.9 Å². The molecule has 3 rings (SSSR count). The Morgan fingerprint density at radius 2 is 1.90 bits per heavy atom. The normalized spacial score (nSPS) is 23.1. The molecule has 0 saturated carbocycles. The number of esters is 2. The van der Waals surface area contributed by atoms with Crippen molar-refractivity contribution in [1.82, 2.24) is 5.32 Å². The highest BCUT2D eigenvalue weighted by Gasteiger charge is 2.47. The molecule has 31 heavy (non-hydrogen) atoms. The van der Waals surface area contributed by atoms with Crippen LogP contribution in [0.3, 0.4) is 0 Å². The number of non-ortho nitro benzene ring substituents is 1. The van der Waals surface area contributed by atoms with Gasteiger partial charge in [-0.15, -0.1) is 0 Å². The number of nitrogens with one attached hydrogen (secondary N) is 1. The summed E-state index contributed by atoms with van der Waals surface area (Å²) >= 11 is 0. The third-order valence-electron chi connectivity index (χ3n) is 5.68. The number of nitro groups is 1. The smallest absolute Gasteiger partial charge is 0.336 e. The molecule has 2 aliphatic rings. The number of carbonyl (C=O) groups excluding carboxylic acids is 3. The van der Waals surface area contributed by atoms with Crippen LogP contribution in [0.2, 0.25) is 0 Å². The van der Waals surface area contributed by atoms with E-state index in [1.54, 1.807) is 20.8 Å². The Hall–Kier alpha value is -3.49. The number of ether oxygens (including phenoxy) is 2. The van der Waals surface area contributed by atoms with Crippen molar-refractivity contribution in [3.05, 3.63) is 62.5 Å². The summed E-state index contributed by atoms with van der Waals surface area (Å²) in [5.41, 5.74) is 2.11. The van der Waals surface area contributed by atoms with Gasteiger partial charge < -0.3 is 14.8 Å². The summed E-state index contributed by atoms with van der Waals surface area (Å²) in [6.45, 7) is 5.34. The van der Waals surface area contributed by atoms with E-state index in [-0.39, 0.29) is 29.4 Å². The van der Waals surface area contributed by atoms with Gasteiger partial charge in [0.2, 0.25) is 0 Å². The van der Waals surface area contributed by atoms with Crippen molar-refractivity contribution in [3.8, 4) is 0 Å². The first-order valence-electron chi connectivity index (χ1n) is 9.95. The fraction of sp³-hybridized carbons (Fsp3) is 0.409. The van der Waals surface area contributed by atoms with Crippen LogP contribution in [0.25, 0.3) is 0 Å². The number of allylic oxidation sites excluding steroid dienone is 3. The van der Waals surface area contributed by atoms with Crippen LogP contribution in [0.5, 0.6) is 0 Å². The molecule has 0 spiro atoms. The lowest BCUT2D eigenvalue weighted by molar-refractivity contribution is -0.384. The maximum atomic E-state index is 13.5. The highest BCUT2D eigenvalue weighted by molar-refractivity contribution is 6.12. The lowest BCUT2D eigenvalue weighted by atomic mass is 9.69. The number of rotatable bonds is 5. The zero-order valence-corrected chi connectivity index (χ0v) is 17.8. The second-order valence-electron chi connectivity index (χ2n) is 7.60. The molecule has 1 heterocycles. The monoisotopic (exact) mass is 428 g/mol. The first-order chi connectivity index (χ1) is 14.7. The fourth-order valence-electron chi connectivity index (χ4n) is 4.28. The molecule has 0 fully saturated rings. The van der Waals surface area contributed by atoms with E-state index in [0.717, 1.165) is 0 Å². The lowest BCUT2D eigenvalue weighted by Gasteiger charge is -2.38. The van der Waals surface area contributed by atoms with Crippen molar-refractivity contribution >= 4 is 23.4 Å². The van der Waals surface area contributed by atoms with Crippen molar-refractivity contribution in [2.24, 2.45) is 11.8 Å². The number of hydrogen-bond donors (Lipinski definition) is 1. The van der Waals surface area contributed by atoms with Crippen LogP contribution in [-0.2, 0) is 23.9 Å². The van der Waals surface area contributed by atoms with Gasteiger partial charge in [-0.25, -0.2) is 4.79 Å². The zero-order chi connectivity index (χ0) is 22.9. The molecule has 0 aromatic heterocycles. The van der Waals surface area contributed by atoms with Crippen LogP contribution < -0.4 is 5.32 Å². The number of Topliss-reactive ketones (excluding diaryl/α,β-unsaturated/α-hetero) is 1. The summed E-state index contributed by atoms with van der Waals surface area (Å²) in [6, 6.07) is 5.68. The molecule has 0 saturated heterocycles. The summed E-state index contributed by atoms with van der Waals surface area (Å²) < 4.78 is 10.1. The lowest BCUT2D eigenvalue weighted by Crippen LogP contribution is -2.43. The molecule has 0 bridgehead atoms. The van der Waals surface area contributed by atoms with Gasteiger partial charge in [0.15, 0.2) is 5.78 Å².